The van der Waals surface area contributed by atoms with Gasteiger partial charge in [0, 0.05) is 24.5 Å². The molecule has 1 N–H and O–H groups in total. The highest BCUT2D eigenvalue weighted by Gasteiger charge is 2.27. The number of carbonyl (C=O) groups excluding carboxylic acids is 1. The predicted octanol–water partition coefficient (Wildman–Crippen LogP) is 4.76. The SMILES string of the molecule is CCc1c(C(c2ccccc2C)c2ccccc2P)nc2cc(OC)c(C(=O)Nc3ncn(CC)n3)cn12. The van der Waals surface area contributed by atoms with E-state index in [1.165, 1.54) is 16.7 Å². The van der Waals surface area contributed by atoms with E-state index in [0.717, 1.165) is 28.8 Å². The number of pyridine rings is 1. The van der Waals surface area contributed by atoms with Gasteiger partial charge in [-0.05, 0) is 42.3 Å². The van der Waals surface area contributed by atoms with Crippen LogP contribution in [0.3, 0.4) is 0 Å². The van der Waals surface area contributed by atoms with Crippen molar-refractivity contribution in [3.8, 4) is 5.75 Å². The minimum atomic E-state index is -0.347. The molecule has 0 saturated carbocycles. The minimum Gasteiger partial charge on any atom is -0.496 e. The molecule has 5 aromatic rings. The van der Waals surface area contributed by atoms with Gasteiger partial charge in [-0.25, -0.2) is 9.97 Å². The molecule has 194 valence electrons. The second-order valence-corrected chi connectivity index (χ2v) is 9.70. The van der Waals surface area contributed by atoms with Crippen LogP contribution >= 0.6 is 9.24 Å². The Morgan fingerprint density at radius 1 is 1.11 bits per heavy atom. The van der Waals surface area contributed by atoms with Gasteiger partial charge in [0.05, 0.1) is 24.3 Å². The molecule has 0 spiro atoms. The largest absolute Gasteiger partial charge is 0.496 e. The van der Waals surface area contributed by atoms with E-state index in [9.17, 15) is 4.79 Å². The van der Waals surface area contributed by atoms with Crippen molar-refractivity contribution in [2.75, 3.05) is 12.4 Å². The first-order chi connectivity index (χ1) is 18.4. The molecule has 8 nitrogen and oxygen atoms in total. The van der Waals surface area contributed by atoms with Crippen molar-refractivity contribution < 1.29 is 9.53 Å². The van der Waals surface area contributed by atoms with Crippen molar-refractivity contribution in [3.63, 3.8) is 0 Å². The smallest absolute Gasteiger partial charge is 0.263 e. The molecular formula is C29H31N6O2P. The predicted molar refractivity (Wildman–Crippen MR) is 153 cm³/mol. The van der Waals surface area contributed by atoms with Crippen molar-refractivity contribution in [1.82, 2.24) is 24.1 Å². The molecule has 0 aliphatic carbocycles. The third kappa shape index (κ3) is 4.68. The Bertz CT molecular complexity index is 1580. The minimum absolute atomic E-state index is 0.0785. The number of carbonyl (C=O) groups is 1. The number of ether oxygens (including phenoxy) is 1. The van der Waals surface area contributed by atoms with Gasteiger partial charge in [0.25, 0.3) is 5.91 Å². The third-order valence-electron chi connectivity index (χ3n) is 6.82. The van der Waals surface area contributed by atoms with Crippen molar-refractivity contribution in [3.05, 3.63) is 101 Å². The maximum atomic E-state index is 13.3. The van der Waals surface area contributed by atoms with E-state index in [0.29, 0.717) is 17.9 Å². The summed E-state index contributed by atoms with van der Waals surface area (Å²) in [6.45, 7) is 6.87. The normalized spacial score (nSPS) is 12.0. The van der Waals surface area contributed by atoms with Gasteiger partial charge in [-0.15, -0.1) is 14.3 Å². The number of nitrogens with zero attached hydrogens (tertiary/aromatic N) is 5. The maximum Gasteiger partial charge on any atom is 0.263 e. The second-order valence-electron chi connectivity index (χ2n) is 9.08. The maximum absolute atomic E-state index is 13.3. The Kier molecular flexibility index (Phi) is 7.25. The van der Waals surface area contributed by atoms with E-state index >= 15 is 0 Å². The number of methoxy groups -OCH3 is 1. The van der Waals surface area contributed by atoms with Crippen molar-refractivity contribution in [1.29, 1.82) is 0 Å². The van der Waals surface area contributed by atoms with Crippen LogP contribution in [0.1, 0.15) is 58.2 Å². The first-order valence-corrected chi connectivity index (χ1v) is 13.2. The molecule has 2 unspecified atom stereocenters. The van der Waals surface area contributed by atoms with E-state index in [4.69, 9.17) is 9.72 Å². The van der Waals surface area contributed by atoms with Crippen LogP contribution in [0.25, 0.3) is 5.65 Å². The zero-order valence-corrected chi connectivity index (χ0v) is 23.1. The molecule has 0 fully saturated rings. The number of benzene rings is 2. The summed E-state index contributed by atoms with van der Waals surface area (Å²) in [7, 11) is 4.42. The summed E-state index contributed by atoms with van der Waals surface area (Å²) < 4.78 is 9.28. The Balaban J connectivity index is 1.68. The standard InChI is InChI=1S/C29H31N6O2P/c1-5-22-27(26(19-12-8-7-11-18(19)3)20-13-9-10-14-24(20)38)31-25-15-23(37-4)21(16-35(22)25)28(36)32-29-30-17-34(6-2)33-29/h7-17,26H,5-6,38H2,1-4H3,(H,32,33,36). The van der Waals surface area contributed by atoms with E-state index in [-0.39, 0.29) is 17.8 Å². The fourth-order valence-electron chi connectivity index (χ4n) is 4.88. The quantitative estimate of drug-likeness (QED) is 0.295. The van der Waals surface area contributed by atoms with Gasteiger partial charge in [0.2, 0.25) is 5.95 Å². The number of aryl methyl sites for hydroxylation is 3. The van der Waals surface area contributed by atoms with Gasteiger partial charge in [-0.2, -0.15) is 0 Å². The number of hydrogen-bond acceptors (Lipinski definition) is 5. The lowest BCUT2D eigenvalue weighted by Crippen LogP contribution is -2.16. The molecule has 2 aromatic carbocycles. The monoisotopic (exact) mass is 526 g/mol. The van der Waals surface area contributed by atoms with Crippen molar-refractivity contribution in [2.24, 2.45) is 0 Å². The second kappa shape index (κ2) is 10.8. The van der Waals surface area contributed by atoms with E-state index in [1.807, 2.05) is 23.5 Å². The molecule has 38 heavy (non-hydrogen) atoms. The topological polar surface area (TPSA) is 86.3 Å². The summed E-state index contributed by atoms with van der Waals surface area (Å²) in [5.74, 6) is 0.256. The molecule has 5 rings (SSSR count). The number of fused-ring (bicyclic) bond motifs is 1. The number of imidazole rings is 1. The van der Waals surface area contributed by atoms with Crippen LogP contribution in [0.4, 0.5) is 5.95 Å². The molecule has 3 heterocycles. The number of aromatic nitrogens is 5. The number of hydrogen-bond donors (Lipinski definition) is 1. The lowest BCUT2D eigenvalue weighted by molar-refractivity contribution is 0.102. The van der Waals surface area contributed by atoms with Crippen LogP contribution in [-0.4, -0.2) is 37.2 Å². The van der Waals surface area contributed by atoms with E-state index < -0.39 is 0 Å². The van der Waals surface area contributed by atoms with Gasteiger partial charge < -0.3 is 9.14 Å². The van der Waals surface area contributed by atoms with Gasteiger partial charge in [0.15, 0.2) is 0 Å². The van der Waals surface area contributed by atoms with Gasteiger partial charge >= 0.3 is 0 Å². The Labute approximate surface area is 224 Å². The molecule has 0 aliphatic heterocycles. The first kappa shape index (κ1) is 25.6. The Morgan fingerprint density at radius 2 is 1.84 bits per heavy atom. The van der Waals surface area contributed by atoms with E-state index in [1.54, 1.807) is 24.3 Å². The Hall–Kier alpha value is -4.03. The summed E-state index contributed by atoms with van der Waals surface area (Å²) in [5.41, 5.74) is 6.66. The molecule has 3 aromatic heterocycles. The Morgan fingerprint density at radius 3 is 2.50 bits per heavy atom. The number of nitrogens with one attached hydrogen (secondary N) is 1. The highest BCUT2D eigenvalue weighted by Crippen LogP contribution is 2.36. The summed E-state index contributed by atoms with van der Waals surface area (Å²) >= 11 is 0. The number of amides is 1. The molecule has 2 atom stereocenters. The summed E-state index contributed by atoms with van der Waals surface area (Å²) in [4.78, 5) is 22.6. The van der Waals surface area contributed by atoms with Gasteiger partial charge in [0.1, 0.15) is 17.7 Å². The molecule has 0 bridgehead atoms. The van der Waals surface area contributed by atoms with Crippen LogP contribution in [0.5, 0.6) is 5.75 Å². The van der Waals surface area contributed by atoms with Crippen molar-refractivity contribution >= 4 is 32.0 Å². The van der Waals surface area contributed by atoms with Crippen LogP contribution in [0.15, 0.2) is 67.1 Å². The molecule has 1 amide bonds. The summed E-state index contributed by atoms with van der Waals surface area (Å²) in [6.07, 6.45) is 4.12. The van der Waals surface area contributed by atoms with Crippen LogP contribution in [0.2, 0.25) is 0 Å². The third-order valence-corrected chi connectivity index (χ3v) is 7.34. The van der Waals surface area contributed by atoms with Gasteiger partial charge in [-0.1, -0.05) is 55.5 Å². The summed E-state index contributed by atoms with van der Waals surface area (Å²) in [5, 5.41) is 8.18. The lowest BCUT2D eigenvalue weighted by atomic mass is 9.85. The van der Waals surface area contributed by atoms with Crippen LogP contribution < -0.4 is 15.4 Å². The lowest BCUT2D eigenvalue weighted by Gasteiger charge is -2.21. The molecule has 0 radical (unpaired) electrons. The van der Waals surface area contributed by atoms with Crippen LogP contribution in [-0.2, 0) is 13.0 Å². The molecule has 0 aliphatic rings. The van der Waals surface area contributed by atoms with Crippen LogP contribution in [0, 0.1) is 6.92 Å². The molecular weight excluding hydrogens is 495 g/mol. The fourth-order valence-corrected chi connectivity index (χ4v) is 5.25. The molecule has 0 saturated heterocycles. The van der Waals surface area contributed by atoms with E-state index in [2.05, 4.69) is 81.0 Å². The highest BCUT2D eigenvalue weighted by atomic mass is 31.0. The zero-order chi connectivity index (χ0) is 26.8. The number of rotatable bonds is 8. The zero-order valence-electron chi connectivity index (χ0n) is 22.0. The van der Waals surface area contributed by atoms with Gasteiger partial charge in [-0.3, -0.25) is 14.8 Å². The fraction of sp³-hybridized carbons (Fsp3) is 0.241. The summed E-state index contributed by atoms with van der Waals surface area (Å²) in [6, 6.07) is 18.6. The first-order valence-electron chi connectivity index (χ1n) is 12.6. The van der Waals surface area contributed by atoms with Crippen molar-refractivity contribution in [2.45, 2.75) is 39.7 Å². The average Bonchev–Trinajstić information content (AvgIpc) is 3.53. The average molecular weight is 527 g/mol. The molecule has 9 heteroatoms. The highest BCUT2D eigenvalue weighted by molar-refractivity contribution is 7.27. The number of anilines is 1.